The lowest BCUT2D eigenvalue weighted by Gasteiger charge is -2.16. The fourth-order valence-corrected chi connectivity index (χ4v) is 2.14. The van der Waals surface area contributed by atoms with E-state index in [0.29, 0.717) is 24.6 Å². The number of carbonyl (C=O) groups excluding carboxylic acids is 1. The summed E-state index contributed by atoms with van der Waals surface area (Å²) < 4.78 is 0. The van der Waals surface area contributed by atoms with Gasteiger partial charge in [-0.3, -0.25) is 4.79 Å². The highest BCUT2D eigenvalue weighted by atomic mass is 16.3. The minimum absolute atomic E-state index is 0.0267. The summed E-state index contributed by atoms with van der Waals surface area (Å²) in [6.45, 7) is 6.58. The number of hydrogen-bond donors (Lipinski definition) is 3. The van der Waals surface area contributed by atoms with Crippen LogP contribution in [0.4, 0.5) is 5.69 Å². The van der Waals surface area contributed by atoms with Gasteiger partial charge in [0, 0.05) is 12.1 Å². The summed E-state index contributed by atoms with van der Waals surface area (Å²) in [6, 6.07) is 5.03. The topological polar surface area (TPSA) is 75.4 Å². The van der Waals surface area contributed by atoms with Gasteiger partial charge in [-0.1, -0.05) is 13.8 Å². The molecule has 0 saturated carbocycles. The van der Waals surface area contributed by atoms with Crippen LogP contribution in [0.5, 0.6) is 5.75 Å². The van der Waals surface area contributed by atoms with E-state index in [2.05, 4.69) is 19.2 Å². The molecule has 0 aliphatic heterocycles. The van der Waals surface area contributed by atoms with Crippen LogP contribution >= 0.6 is 0 Å². The van der Waals surface area contributed by atoms with E-state index < -0.39 is 0 Å². The van der Waals surface area contributed by atoms with Crippen LogP contribution in [-0.4, -0.2) is 17.6 Å². The van der Waals surface area contributed by atoms with Crippen LogP contribution in [0.3, 0.4) is 0 Å². The predicted octanol–water partition coefficient (Wildman–Crippen LogP) is 2.65. The Labute approximate surface area is 115 Å². The molecule has 1 unspecified atom stereocenters. The molecule has 19 heavy (non-hydrogen) atoms. The maximum Gasteiger partial charge on any atom is 0.224 e. The molecular weight excluding hydrogens is 240 g/mol. The second-order valence-corrected chi connectivity index (χ2v) is 5.48. The third-order valence-electron chi connectivity index (χ3n) is 3.09. The van der Waals surface area contributed by atoms with Gasteiger partial charge in [0.2, 0.25) is 5.91 Å². The Balaban J connectivity index is 2.56. The number of hydrogen-bond acceptors (Lipinski definition) is 3. The number of carbonyl (C=O) groups is 1. The average Bonchev–Trinajstić information content (AvgIpc) is 2.32. The standard InChI is InChI=1S/C15H24N2O2/c1-10(2)6-12(9-16)8-15(19)17-13-4-5-14(18)11(3)7-13/h4-5,7,10,12,18H,6,8-9,16H2,1-3H3,(H,17,19). The number of amides is 1. The second kappa shape index (κ2) is 7.14. The first-order chi connectivity index (χ1) is 8.92. The van der Waals surface area contributed by atoms with Gasteiger partial charge in [-0.25, -0.2) is 0 Å². The fraction of sp³-hybridized carbons (Fsp3) is 0.533. The van der Waals surface area contributed by atoms with E-state index in [1.54, 1.807) is 25.1 Å². The monoisotopic (exact) mass is 264 g/mol. The molecular formula is C15H24N2O2. The van der Waals surface area contributed by atoms with Crippen LogP contribution in [-0.2, 0) is 4.79 Å². The van der Waals surface area contributed by atoms with Crippen molar-refractivity contribution in [2.24, 2.45) is 17.6 Å². The van der Waals surface area contributed by atoms with Crippen molar-refractivity contribution in [3.05, 3.63) is 23.8 Å². The van der Waals surface area contributed by atoms with E-state index >= 15 is 0 Å². The Morgan fingerprint density at radius 2 is 2.11 bits per heavy atom. The molecule has 4 nitrogen and oxygen atoms in total. The molecule has 4 N–H and O–H groups in total. The molecule has 0 spiro atoms. The highest BCUT2D eigenvalue weighted by Gasteiger charge is 2.14. The number of benzene rings is 1. The van der Waals surface area contributed by atoms with E-state index in [1.807, 2.05) is 0 Å². The van der Waals surface area contributed by atoms with Gasteiger partial charge in [-0.15, -0.1) is 0 Å². The van der Waals surface area contributed by atoms with Crippen molar-refractivity contribution in [1.29, 1.82) is 0 Å². The number of aromatic hydroxyl groups is 1. The van der Waals surface area contributed by atoms with E-state index in [9.17, 15) is 9.90 Å². The van der Waals surface area contributed by atoms with Gasteiger partial charge in [0.15, 0.2) is 0 Å². The zero-order valence-corrected chi connectivity index (χ0v) is 11.9. The molecule has 0 fully saturated rings. The molecule has 0 bridgehead atoms. The molecule has 0 radical (unpaired) electrons. The Morgan fingerprint density at radius 1 is 1.42 bits per heavy atom. The number of nitrogens with one attached hydrogen (secondary N) is 1. The third-order valence-corrected chi connectivity index (χ3v) is 3.09. The Hall–Kier alpha value is -1.55. The van der Waals surface area contributed by atoms with E-state index in [-0.39, 0.29) is 17.6 Å². The lowest BCUT2D eigenvalue weighted by Crippen LogP contribution is -2.23. The zero-order valence-electron chi connectivity index (χ0n) is 11.9. The second-order valence-electron chi connectivity index (χ2n) is 5.48. The first-order valence-electron chi connectivity index (χ1n) is 6.72. The zero-order chi connectivity index (χ0) is 14.4. The van der Waals surface area contributed by atoms with Crippen LogP contribution in [0.25, 0.3) is 0 Å². The lowest BCUT2D eigenvalue weighted by atomic mass is 9.94. The molecule has 0 saturated heterocycles. The number of rotatable bonds is 6. The summed E-state index contributed by atoms with van der Waals surface area (Å²) >= 11 is 0. The molecule has 1 rings (SSSR count). The summed E-state index contributed by atoms with van der Waals surface area (Å²) in [5.41, 5.74) is 7.15. The van der Waals surface area contributed by atoms with Crippen LogP contribution < -0.4 is 11.1 Å². The largest absolute Gasteiger partial charge is 0.508 e. The van der Waals surface area contributed by atoms with Crippen molar-refractivity contribution in [2.75, 3.05) is 11.9 Å². The van der Waals surface area contributed by atoms with Crippen molar-refractivity contribution in [2.45, 2.75) is 33.6 Å². The van der Waals surface area contributed by atoms with E-state index in [1.165, 1.54) is 0 Å². The number of phenolic OH excluding ortho intramolecular Hbond substituents is 1. The van der Waals surface area contributed by atoms with Gasteiger partial charge in [0.05, 0.1) is 0 Å². The number of aryl methyl sites for hydroxylation is 1. The summed E-state index contributed by atoms with van der Waals surface area (Å²) in [4.78, 5) is 11.9. The molecule has 1 atom stereocenters. The fourth-order valence-electron chi connectivity index (χ4n) is 2.14. The molecule has 4 heteroatoms. The van der Waals surface area contributed by atoms with Crippen LogP contribution in [0, 0.1) is 18.8 Å². The Morgan fingerprint density at radius 3 is 2.63 bits per heavy atom. The quantitative estimate of drug-likeness (QED) is 0.691. The number of anilines is 1. The average molecular weight is 264 g/mol. The first kappa shape index (κ1) is 15.5. The molecule has 0 aliphatic carbocycles. The van der Waals surface area contributed by atoms with Crippen LogP contribution in [0.2, 0.25) is 0 Å². The van der Waals surface area contributed by atoms with Gasteiger partial charge in [0.25, 0.3) is 0 Å². The maximum atomic E-state index is 11.9. The minimum Gasteiger partial charge on any atom is -0.508 e. The minimum atomic E-state index is -0.0267. The lowest BCUT2D eigenvalue weighted by molar-refractivity contribution is -0.117. The van der Waals surface area contributed by atoms with E-state index in [0.717, 1.165) is 12.0 Å². The van der Waals surface area contributed by atoms with E-state index in [4.69, 9.17) is 5.73 Å². The molecule has 1 amide bonds. The van der Waals surface area contributed by atoms with Crippen molar-refractivity contribution in [1.82, 2.24) is 0 Å². The Kier molecular flexibility index (Phi) is 5.83. The third kappa shape index (κ3) is 5.30. The highest BCUT2D eigenvalue weighted by molar-refractivity contribution is 5.91. The van der Waals surface area contributed by atoms with Crippen molar-refractivity contribution in [3.63, 3.8) is 0 Å². The number of phenols is 1. The molecule has 1 aromatic carbocycles. The summed E-state index contributed by atoms with van der Waals surface area (Å²) in [7, 11) is 0. The normalized spacial score (nSPS) is 12.5. The SMILES string of the molecule is Cc1cc(NC(=O)CC(CN)CC(C)C)ccc1O. The smallest absolute Gasteiger partial charge is 0.224 e. The number of nitrogens with two attached hydrogens (primary N) is 1. The van der Waals surface area contributed by atoms with Crippen molar-refractivity contribution >= 4 is 11.6 Å². The van der Waals surface area contributed by atoms with Crippen LogP contribution in [0.15, 0.2) is 18.2 Å². The molecule has 0 heterocycles. The summed E-state index contributed by atoms with van der Waals surface area (Å²) in [5.74, 6) is 0.967. The van der Waals surface area contributed by atoms with Gasteiger partial charge in [-0.2, -0.15) is 0 Å². The predicted molar refractivity (Wildman–Crippen MR) is 78.1 cm³/mol. The molecule has 0 aliphatic rings. The van der Waals surface area contributed by atoms with Crippen LogP contribution in [0.1, 0.15) is 32.3 Å². The summed E-state index contributed by atoms with van der Waals surface area (Å²) in [6.07, 6.45) is 1.40. The van der Waals surface area contributed by atoms with Crippen molar-refractivity contribution in [3.8, 4) is 5.75 Å². The Bertz CT molecular complexity index is 430. The molecule has 1 aromatic rings. The maximum absolute atomic E-state index is 11.9. The highest BCUT2D eigenvalue weighted by Crippen LogP contribution is 2.21. The molecule has 106 valence electrons. The first-order valence-corrected chi connectivity index (χ1v) is 6.72. The summed E-state index contributed by atoms with van der Waals surface area (Å²) in [5, 5.41) is 12.3. The van der Waals surface area contributed by atoms with Gasteiger partial charge >= 0.3 is 0 Å². The van der Waals surface area contributed by atoms with Gasteiger partial charge in [0.1, 0.15) is 5.75 Å². The van der Waals surface area contributed by atoms with Gasteiger partial charge < -0.3 is 16.2 Å². The van der Waals surface area contributed by atoms with Crippen molar-refractivity contribution < 1.29 is 9.90 Å². The molecule has 0 aromatic heterocycles. The van der Waals surface area contributed by atoms with Gasteiger partial charge in [-0.05, 0) is 55.5 Å².